The Hall–Kier alpha value is -1.72. The zero-order valence-electron chi connectivity index (χ0n) is 11.7. The van der Waals surface area contributed by atoms with Crippen LogP contribution in [0.3, 0.4) is 0 Å². The van der Waals surface area contributed by atoms with E-state index in [-0.39, 0.29) is 17.9 Å². The number of amides is 2. The lowest BCUT2D eigenvalue weighted by Crippen LogP contribution is -2.46. The van der Waals surface area contributed by atoms with Crippen LogP contribution in [0.2, 0.25) is 0 Å². The van der Waals surface area contributed by atoms with Crippen molar-refractivity contribution in [2.45, 2.75) is 20.0 Å². The van der Waals surface area contributed by atoms with Crippen LogP contribution in [0.5, 0.6) is 0 Å². The molecule has 0 aromatic heterocycles. The van der Waals surface area contributed by atoms with E-state index in [1.807, 2.05) is 26.0 Å². The molecule has 106 valence electrons. The fourth-order valence-electron chi connectivity index (χ4n) is 2.83. The van der Waals surface area contributed by atoms with Crippen LogP contribution in [0.4, 0.5) is 0 Å². The van der Waals surface area contributed by atoms with Gasteiger partial charge in [-0.1, -0.05) is 12.1 Å². The summed E-state index contributed by atoms with van der Waals surface area (Å²) in [6.45, 7) is 6.16. The van der Waals surface area contributed by atoms with E-state index in [2.05, 4.69) is 5.32 Å². The summed E-state index contributed by atoms with van der Waals surface area (Å²) in [5.74, 6) is -0.388. The van der Waals surface area contributed by atoms with E-state index >= 15 is 0 Å². The number of fused-ring (bicyclic) bond motifs is 1. The summed E-state index contributed by atoms with van der Waals surface area (Å²) in [6, 6.07) is 3.78. The molecule has 1 atom stereocenters. The molecule has 2 amide bonds. The van der Waals surface area contributed by atoms with Gasteiger partial charge in [0, 0.05) is 13.1 Å². The molecule has 5 nitrogen and oxygen atoms in total. The fourth-order valence-corrected chi connectivity index (χ4v) is 2.83. The van der Waals surface area contributed by atoms with Crippen molar-refractivity contribution in [1.82, 2.24) is 10.2 Å². The Morgan fingerprint density at radius 2 is 1.80 bits per heavy atom. The minimum atomic E-state index is -0.194. The van der Waals surface area contributed by atoms with Crippen LogP contribution in [-0.4, -0.2) is 49.1 Å². The number of carbonyl (C=O) groups excluding carboxylic acids is 2. The highest BCUT2D eigenvalue weighted by atomic mass is 16.5. The molecule has 0 bridgehead atoms. The van der Waals surface area contributed by atoms with Crippen molar-refractivity contribution in [1.29, 1.82) is 0 Å². The molecule has 0 aliphatic carbocycles. The highest BCUT2D eigenvalue weighted by Gasteiger charge is 2.39. The molecule has 0 spiro atoms. The minimum Gasteiger partial charge on any atom is -0.374 e. The van der Waals surface area contributed by atoms with Gasteiger partial charge < -0.3 is 10.1 Å². The highest BCUT2D eigenvalue weighted by molar-refractivity contribution is 6.22. The van der Waals surface area contributed by atoms with Crippen LogP contribution in [0, 0.1) is 13.8 Å². The lowest BCUT2D eigenvalue weighted by molar-refractivity contribution is 0.00860. The van der Waals surface area contributed by atoms with Gasteiger partial charge in [0.15, 0.2) is 0 Å². The second-order valence-electron chi connectivity index (χ2n) is 5.37. The van der Waals surface area contributed by atoms with Crippen LogP contribution in [0.15, 0.2) is 12.1 Å². The van der Waals surface area contributed by atoms with Gasteiger partial charge in [-0.2, -0.15) is 0 Å². The summed E-state index contributed by atoms with van der Waals surface area (Å²) in [7, 11) is 0. The molecule has 3 rings (SSSR count). The smallest absolute Gasteiger partial charge is 0.261 e. The van der Waals surface area contributed by atoms with Crippen molar-refractivity contribution in [3.05, 3.63) is 34.4 Å². The molecule has 0 radical (unpaired) electrons. The van der Waals surface area contributed by atoms with Crippen molar-refractivity contribution in [2.24, 2.45) is 0 Å². The van der Waals surface area contributed by atoms with Crippen LogP contribution < -0.4 is 5.32 Å². The number of ether oxygens (including phenoxy) is 1. The molecule has 0 saturated carbocycles. The Balaban J connectivity index is 1.89. The standard InChI is InChI=1S/C15H18N2O3/c1-9-3-4-10(2)13-12(9)14(18)17(15(13)19)8-11-7-16-5-6-20-11/h3-4,11,16H,5-8H2,1-2H3. The first kappa shape index (κ1) is 13.3. The van der Waals surface area contributed by atoms with Gasteiger partial charge in [-0.3, -0.25) is 14.5 Å². The van der Waals surface area contributed by atoms with Gasteiger partial charge in [-0.05, 0) is 25.0 Å². The van der Waals surface area contributed by atoms with Crippen LogP contribution in [0.1, 0.15) is 31.8 Å². The highest BCUT2D eigenvalue weighted by Crippen LogP contribution is 2.28. The van der Waals surface area contributed by atoms with Crippen molar-refractivity contribution >= 4 is 11.8 Å². The number of rotatable bonds is 2. The molecule has 2 aliphatic rings. The largest absolute Gasteiger partial charge is 0.374 e. The summed E-state index contributed by atoms with van der Waals surface area (Å²) < 4.78 is 5.59. The summed E-state index contributed by atoms with van der Waals surface area (Å²) in [6.07, 6.45) is -0.119. The van der Waals surface area contributed by atoms with Gasteiger partial charge in [-0.25, -0.2) is 0 Å². The summed E-state index contributed by atoms with van der Waals surface area (Å²) in [5.41, 5.74) is 2.82. The van der Waals surface area contributed by atoms with Crippen molar-refractivity contribution in [2.75, 3.05) is 26.2 Å². The normalized spacial score (nSPS) is 22.3. The number of nitrogens with one attached hydrogen (secondary N) is 1. The van der Waals surface area contributed by atoms with E-state index in [0.29, 0.717) is 30.8 Å². The lowest BCUT2D eigenvalue weighted by atomic mass is 9.99. The average Bonchev–Trinajstić information content (AvgIpc) is 2.70. The fraction of sp³-hybridized carbons (Fsp3) is 0.467. The SMILES string of the molecule is Cc1ccc(C)c2c1C(=O)N(CC1CNCCO1)C2=O. The Kier molecular flexibility index (Phi) is 3.31. The van der Waals surface area contributed by atoms with Gasteiger partial charge in [0.1, 0.15) is 0 Å². The zero-order valence-corrected chi connectivity index (χ0v) is 11.7. The van der Waals surface area contributed by atoms with Crippen molar-refractivity contribution in [3.63, 3.8) is 0 Å². The predicted molar refractivity (Wildman–Crippen MR) is 73.9 cm³/mol. The molecule has 1 aromatic carbocycles. The third-order valence-corrected chi connectivity index (χ3v) is 3.93. The molecule has 5 heteroatoms. The van der Waals surface area contributed by atoms with Crippen LogP contribution in [-0.2, 0) is 4.74 Å². The van der Waals surface area contributed by atoms with Gasteiger partial charge >= 0.3 is 0 Å². The molecule has 2 heterocycles. The molecule has 1 saturated heterocycles. The zero-order chi connectivity index (χ0) is 14.3. The Morgan fingerprint density at radius 1 is 1.20 bits per heavy atom. The average molecular weight is 274 g/mol. The van der Waals surface area contributed by atoms with Crippen molar-refractivity contribution in [3.8, 4) is 0 Å². The molecule has 1 aromatic rings. The van der Waals surface area contributed by atoms with Gasteiger partial charge in [0.2, 0.25) is 0 Å². The number of hydrogen-bond donors (Lipinski definition) is 1. The van der Waals surface area contributed by atoms with Gasteiger partial charge in [0.05, 0.1) is 30.4 Å². The van der Waals surface area contributed by atoms with Gasteiger partial charge in [0.25, 0.3) is 11.8 Å². The predicted octanol–water partition coefficient (Wildman–Crippen LogP) is 0.888. The maximum Gasteiger partial charge on any atom is 0.261 e. The first-order chi connectivity index (χ1) is 9.59. The molecule has 2 aliphatic heterocycles. The number of hydrogen-bond acceptors (Lipinski definition) is 4. The van der Waals surface area contributed by atoms with Crippen LogP contribution >= 0.6 is 0 Å². The second-order valence-corrected chi connectivity index (χ2v) is 5.37. The monoisotopic (exact) mass is 274 g/mol. The third kappa shape index (κ3) is 2.03. The maximum atomic E-state index is 12.5. The Labute approximate surface area is 117 Å². The molecule has 20 heavy (non-hydrogen) atoms. The van der Waals surface area contributed by atoms with E-state index in [1.165, 1.54) is 4.90 Å². The summed E-state index contributed by atoms with van der Waals surface area (Å²) in [4.78, 5) is 26.3. The molecular weight excluding hydrogens is 256 g/mol. The van der Waals surface area contributed by atoms with E-state index < -0.39 is 0 Å². The third-order valence-electron chi connectivity index (χ3n) is 3.93. The summed E-state index contributed by atoms with van der Waals surface area (Å²) >= 11 is 0. The molecule has 1 unspecified atom stereocenters. The number of nitrogens with zero attached hydrogens (tertiary/aromatic N) is 1. The Bertz CT molecular complexity index is 536. The number of aryl methyl sites for hydroxylation is 2. The Morgan fingerprint density at radius 3 is 2.30 bits per heavy atom. The first-order valence-corrected chi connectivity index (χ1v) is 6.88. The second kappa shape index (κ2) is 5.00. The number of carbonyl (C=O) groups is 2. The number of morpholine rings is 1. The summed E-state index contributed by atoms with van der Waals surface area (Å²) in [5, 5.41) is 3.21. The maximum absolute atomic E-state index is 12.5. The van der Waals surface area contributed by atoms with Gasteiger partial charge in [-0.15, -0.1) is 0 Å². The molecule has 1 N–H and O–H groups in total. The van der Waals surface area contributed by atoms with E-state index in [4.69, 9.17) is 4.74 Å². The quantitative estimate of drug-likeness (QED) is 0.814. The number of benzene rings is 1. The van der Waals surface area contributed by atoms with Crippen molar-refractivity contribution < 1.29 is 14.3 Å². The lowest BCUT2D eigenvalue weighted by Gasteiger charge is -2.26. The van der Waals surface area contributed by atoms with Crippen LogP contribution in [0.25, 0.3) is 0 Å². The topological polar surface area (TPSA) is 58.6 Å². The molecular formula is C15H18N2O3. The molecule has 1 fully saturated rings. The van der Waals surface area contributed by atoms with E-state index in [0.717, 1.165) is 17.7 Å². The van der Waals surface area contributed by atoms with E-state index in [9.17, 15) is 9.59 Å². The van der Waals surface area contributed by atoms with E-state index in [1.54, 1.807) is 0 Å². The minimum absolute atomic E-state index is 0.119. The number of imide groups is 1. The first-order valence-electron chi connectivity index (χ1n) is 6.88.